The number of ether oxygens (including phenoxy) is 1. The number of amides is 2. The van der Waals surface area contributed by atoms with Gasteiger partial charge in [-0.25, -0.2) is 4.79 Å². The summed E-state index contributed by atoms with van der Waals surface area (Å²) in [4.78, 5) is 55.2. The summed E-state index contributed by atoms with van der Waals surface area (Å²) < 4.78 is 5.48. The molecule has 12 nitrogen and oxygen atoms in total. The molecule has 12 heteroatoms. The monoisotopic (exact) mass is 468 g/mol. The standard InChI is InChI=1S/C21H36N6O6/c1-21(2,3)33-19(32)15-9-11(10-16(28)29)14-7-6-13(18(31)27(14)15)26-17(30)12(22)5-4-8-25-20(23)24/h11-15H,4-10,22H2,1-3H3,(H,26,30)(H,28,29)(H4,23,24,25)/t11-,12+,13+,14-,15+/m1/s1. The third kappa shape index (κ3) is 7.31. The highest BCUT2D eigenvalue weighted by Gasteiger charge is 2.52. The highest BCUT2D eigenvalue weighted by molar-refractivity contribution is 5.93. The van der Waals surface area contributed by atoms with Crippen LogP contribution in [0, 0.1) is 5.92 Å². The van der Waals surface area contributed by atoms with Crippen LogP contribution in [0.5, 0.6) is 0 Å². The summed E-state index contributed by atoms with van der Waals surface area (Å²) in [6, 6.07) is -2.97. The summed E-state index contributed by atoms with van der Waals surface area (Å²) in [5.41, 5.74) is 15.7. The van der Waals surface area contributed by atoms with Crippen molar-refractivity contribution in [1.82, 2.24) is 10.2 Å². The van der Waals surface area contributed by atoms with E-state index < -0.39 is 53.5 Å². The van der Waals surface area contributed by atoms with Crippen LogP contribution < -0.4 is 22.5 Å². The zero-order chi connectivity index (χ0) is 24.9. The van der Waals surface area contributed by atoms with Crippen molar-refractivity contribution in [3.05, 3.63) is 0 Å². The topological polar surface area (TPSA) is 203 Å². The van der Waals surface area contributed by atoms with Crippen molar-refractivity contribution < 1.29 is 29.0 Å². The van der Waals surface area contributed by atoms with Crippen LogP contribution in [-0.2, 0) is 23.9 Å². The smallest absolute Gasteiger partial charge is 0.329 e. The van der Waals surface area contributed by atoms with E-state index in [1.165, 1.54) is 4.90 Å². The van der Waals surface area contributed by atoms with Crippen molar-refractivity contribution in [2.45, 2.75) is 89.1 Å². The molecule has 2 saturated heterocycles. The van der Waals surface area contributed by atoms with E-state index in [1.807, 2.05) is 0 Å². The molecular formula is C21H36N6O6. The summed E-state index contributed by atoms with van der Waals surface area (Å²) >= 11 is 0. The maximum atomic E-state index is 13.3. The molecular weight excluding hydrogens is 432 g/mol. The Morgan fingerprint density at radius 1 is 1.27 bits per heavy atom. The third-order valence-corrected chi connectivity index (χ3v) is 5.80. The first-order chi connectivity index (χ1) is 15.3. The van der Waals surface area contributed by atoms with Gasteiger partial charge in [0, 0.05) is 12.6 Å². The average molecular weight is 469 g/mol. The fourth-order valence-electron chi connectivity index (χ4n) is 4.43. The molecule has 0 radical (unpaired) electrons. The molecule has 2 fully saturated rings. The van der Waals surface area contributed by atoms with Gasteiger partial charge in [0.1, 0.15) is 17.7 Å². The number of fused-ring (bicyclic) bond motifs is 1. The molecule has 0 aliphatic carbocycles. The SMILES string of the molecule is CC(C)(C)OC(=O)[C@@H]1C[C@H](CC(=O)O)[C@H]2CC[C@H](NC(=O)[C@@H](N)CCCN=C(N)N)C(=O)N21. The van der Waals surface area contributed by atoms with Gasteiger partial charge in [0.25, 0.3) is 0 Å². The van der Waals surface area contributed by atoms with Crippen molar-refractivity contribution >= 4 is 29.7 Å². The Labute approximate surface area is 193 Å². The lowest BCUT2D eigenvalue weighted by atomic mass is 9.89. The maximum Gasteiger partial charge on any atom is 0.329 e. The highest BCUT2D eigenvalue weighted by atomic mass is 16.6. The lowest BCUT2D eigenvalue weighted by Crippen LogP contribution is -2.60. The summed E-state index contributed by atoms with van der Waals surface area (Å²) in [5, 5.41) is 12.0. The molecule has 0 aromatic carbocycles. The van der Waals surface area contributed by atoms with Crippen LogP contribution in [0.15, 0.2) is 4.99 Å². The summed E-state index contributed by atoms with van der Waals surface area (Å²) in [5.74, 6) is -2.86. The average Bonchev–Trinajstić information content (AvgIpc) is 3.04. The molecule has 2 rings (SSSR count). The van der Waals surface area contributed by atoms with E-state index in [1.54, 1.807) is 20.8 Å². The zero-order valence-electron chi connectivity index (χ0n) is 19.5. The normalized spacial score (nSPS) is 25.7. The van der Waals surface area contributed by atoms with Gasteiger partial charge in [0.15, 0.2) is 5.96 Å². The molecule has 2 aliphatic heterocycles. The molecule has 0 aromatic heterocycles. The maximum absolute atomic E-state index is 13.3. The number of carbonyl (C=O) groups excluding carboxylic acids is 3. The zero-order valence-corrected chi connectivity index (χ0v) is 19.5. The minimum atomic E-state index is -0.987. The number of guanidine groups is 1. The van der Waals surface area contributed by atoms with Crippen LogP contribution in [0.4, 0.5) is 0 Å². The Kier molecular flexibility index (Phi) is 8.64. The Hall–Kier alpha value is -2.89. The van der Waals surface area contributed by atoms with Gasteiger partial charge in [-0.2, -0.15) is 0 Å². The van der Waals surface area contributed by atoms with Crippen molar-refractivity contribution in [3.8, 4) is 0 Å². The lowest BCUT2D eigenvalue weighted by molar-refractivity contribution is -0.165. The van der Waals surface area contributed by atoms with E-state index in [9.17, 15) is 24.3 Å². The van der Waals surface area contributed by atoms with Crippen LogP contribution in [0.3, 0.4) is 0 Å². The van der Waals surface area contributed by atoms with E-state index >= 15 is 0 Å². The number of nitrogens with two attached hydrogens (primary N) is 3. The molecule has 8 N–H and O–H groups in total. The predicted octanol–water partition coefficient (Wildman–Crippen LogP) is -0.952. The fourth-order valence-corrected chi connectivity index (χ4v) is 4.43. The van der Waals surface area contributed by atoms with E-state index in [0.717, 1.165) is 0 Å². The van der Waals surface area contributed by atoms with Gasteiger partial charge in [-0.15, -0.1) is 0 Å². The molecule has 0 saturated carbocycles. The van der Waals surface area contributed by atoms with E-state index in [4.69, 9.17) is 21.9 Å². The second kappa shape index (κ2) is 10.8. The molecule has 0 unspecified atom stereocenters. The minimum absolute atomic E-state index is 0.0401. The Bertz CT molecular complexity index is 791. The third-order valence-electron chi connectivity index (χ3n) is 5.80. The van der Waals surface area contributed by atoms with Gasteiger partial charge in [-0.05, 0) is 58.8 Å². The molecule has 0 spiro atoms. The summed E-state index contributed by atoms with van der Waals surface area (Å²) in [7, 11) is 0. The number of hydrogen-bond acceptors (Lipinski definition) is 7. The predicted molar refractivity (Wildman–Crippen MR) is 120 cm³/mol. The molecule has 2 aliphatic rings. The van der Waals surface area contributed by atoms with Crippen LogP contribution in [0.1, 0.15) is 59.3 Å². The second-order valence-electron chi connectivity index (χ2n) is 9.65. The molecule has 186 valence electrons. The van der Waals surface area contributed by atoms with Crippen molar-refractivity contribution in [2.24, 2.45) is 28.1 Å². The Morgan fingerprint density at radius 3 is 2.52 bits per heavy atom. The van der Waals surface area contributed by atoms with Gasteiger partial charge in [0.2, 0.25) is 11.8 Å². The number of carboxylic acids is 1. The number of rotatable bonds is 9. The first-order valence-electron chi connectivity index (χ1n) is 11.2. The fraction of sp³-hybridized carbons (Fsp3) is 0.762. The highest BCUT2D eigenvalue weighted by Crippen LogP contribution is 2.39. The van der Waals surface area contributed by atoms with Crippen LogP contribution in [0.2, 0.25) is 0 Å². The van der Waals surface area contributed by atoms with Gasteiger partial charge in [0.05, 0.1) is 12.5 Å². The number of nitrogens with one attached hydrogen (secondary N) is 1. The van der Waals surface area contributed by atoms with E-state index in [2.05, 4.69) is 10.3 Å². The van der Waals surface area contributed by atoms with Gasteiger partial charge in [-0.1, -0.05) is 0 Å². The number of esters is 1. The first-order valence-corrected chi connectivity index (χ1v) is 11.2. The van der Waals surface area contributed by atoms with Gasteiger partial charge >= 0.3 is 11.9 Å². The summed E-state index contributed by atoms with van der Waals surface area (Å²) in [6.07, 6.45) is 1.69. The van der Waals surface area contributed by atoms with Crippen LogP contribution >= 0.6 is 0 Å². The Morgan fingerprint density at radius 2 is 1.94 bits per heavy atom. The van der Waals surface area contributed by atoms with Crippen molar-refractivity contribution in [3.63, 3.8) is 0 Å². The molecule has 5 atom stereocenters. The minimum Gasteiger partial charge on any atom is -0.481 e. The van der Waals surface area contributed by atoms with Gasteiger partial charge in [-0.3, -0.25) is 19.4 Å². The van der Waals surface area contributed by atoms with E-state index in [0.29, 0.717) is 32.2 Å². The van der Waals surface area contributed by atoms with Crippen LogP contribution in [0.25, 0.3) is 0 Å². The number of hydrogen-bond donors (Lipinski definition) is 5. The Balaban J connectivity index is 2.08. The largest absolute Gasteiger partial charge is 0.481 e. The van der Waals surface area contributed by atoms with Gasteiger partial charge < -0.3 is 37.3 Å². The molecule has 33 heavy (non-hydrogen) atoms. The first kappa shape index (κ1) is 26.4. The lowest BCUT2D eigenvalue weighted by Gasteiger charge is -2.39. The number of carbonyl (C=O) groups is 4. The number of aliphatic imine (C=N–C) groups is 1. The molecule has 0 bridgehead atoms. The second-order valence-corrected chi connectivity index (χ2v) is 9.65. The summed E-state index contributed by atoms with van der Waals surface area (Å²) in [6.45, 7) is 5.51. The van der Waals surface area contributed by atoms with Crippen molar-refractivity contribution in [1.29, 1.82) is 0 Å². The molecule has 2 heterocycles. The molecule has 0 aromatic rings. The quantitative estimate of drug-likeness (QED) is 0.122. The molecule has 2 amide bonds. The van der Waals surface area contributed by atoms with Crippen molar-refractivity contribution in [2.75, 3.05) is 6.54 Å². The number of nitrogens with zero attached hydrogens (tertiary/aromatic N) is 2. The van der Waals surface area contributed by atoms with E-state index in [-0.39, 0.29) is 24.7 Å². The number of carboxylic acid groups (broad SMARTS) is 1. The van der Waals surface area contributed by atoms with Crippen LogP contribution in [-0.4, -0.2) is 76.0 Å². The number of piperidine rings is 1. The number of aliphatic carboxylic acids is 1.